The minimum atomic E-state index is -0.599. The number of nitrogens with one attached hydrogen (secondary N) is 1. The zero-order valence-corrected chi connectivity index (χ0v) is 12.4. The van der Waals surface area contributed by atoms with Gasteiger partial charge in [0.15, 0.2) is 11.5 Å². The summed E-state index contributed by atoms with van der Waals surface area (Å²) in [6.45, 7) is 4.96. The fraction of sp³-hybridized carbons (Fsp3) is 0.500. The van der Waals surface area contributed by atoms with Gasteiger partial charge < -0.3 is 15.2 Å². The molecule has 0 aliphatic carbocycles. The normalized spacial score (nSPS) is 16.6. The van der Waals surface area contributed by atoms with Crippen LogP contribution in [0.25, 0.3) is 0 Å². The highest BCUT2D eigenvalue weighted by Crippen LogP contribution is 2.39. The summed E-state index contributed by atoms with van der Waals surface area (Å²) in [5.41, 5.74) is 6.17. The van der Waals surface area contributed by atoms with Gasteiger partial charge in [-0.25, -0.2) is 0 Å². The molecule has 110 valence electrons. The minimum Gasteiger partial charge on any atom is -0.486 e. The van der Waals surface area contributed by atoms with E-state index >= 15 is 0 Å². The van der Waals surface area contributed by atoms with Gasteiger partial charge in [0.2, 0.25) is 5.91 Å². The number of hydrogen-bond acceptors (Lipinski definition) is 4. The number of primary amides is 1. The molecule has 0 saturated carbocycles. The van der Waals surface area contributed by atoms with E-state index in [-0.39, 0.29) is 6.04 Å². The summed E-state index contributed by atoms with van der Waals surface area (Å²) in [7, 11) is 0. The predicted octanol–water partition coefficient (Wildman–Crippen LogP) is 2.03. The van der Waals surface area contributed by atoms with E-state index in [4.69, 9.17) is 26.8 Å². The molecule has 0 fully saturated rings. The summed E-state index contributed by atoms with van der Waals surface area (Å²) >= 11 is 6.18. The third-order valence-electron chi connectivity index (χ3n) is 3.30. The van der Waals surface area contributed by atoms with E-state index in [9.17, 15) is 4.79 Å². The fourth-order valence-electron chi connectivity index (χ4n) is 2.04. The van der Waals surface area contributed by atoms with Crippen LogP contribution in [-0.2, 0) is 4.79 Å². The van der Waals surface area contributed by atoms with Crippen molar-refractivity contribution >= 4 is 17.5 Å². The molecule has 3 N–H and O–H groups in total. The molecule has 2 unspecified atom stereocenters. The summed E-state index contributed by atoms with van der Waals surface area (Å²) in [4.78, 5) is 11.7. The van der Waals surface area contributed by atoms with Crippen LogP contribution < -0.4 is 20.5 Å². The van der Waals surface area contributed by atoms with Crippen LogP contribution in [0.1, 0.15) is 31.9 Å². The van der Waals surface area contributed by atoms with E-state index < -0.39 is 11.9 Å². The van der Waals surface area contributed by atoms with E-state index in [1.165, 1.54) is 0 Å². The summed E-state index contributed by atoms with van der Waals surface area (Å²) in [5, 5.41) is 3.61. The number of nitrogens with two attached hydrogens (primary N) is 1. The Kier molecular flexibility index (Phi) is 4.73. The van der Waals surface area contributed by atoms with Gasteiger partial charge in [0.25, 0.3) is 0 Å². The van der Waals surface area contributed by atoms with Crippen LogP contribution in [0.4, 0.5) is 0 Å². The lowest BCUT2D eigenvalue weighted by Crippen LogP contribution is -2.38. The number of amides is 1. The largest absolute Gasteiger partial charge is 0.486 e. The molecule has 1 amide bonds. The first-order valence-corrected chi connectivity index (χ1v) is 7.05. The maximum Gasteiger partial charge on any atom is 0.239 e. The molecule has 6 heteroatoms. The second-order valence-corrected chi connectivity index (χ2v) is 5.25. The van der Waals surface area contributed by atoms with Crippen LogP contribution in [0, 0.1) is 0 Å². The summed E-state index contributed by atoms with van der Waals surface area (Å²) < 4.78 is 11.0. The molecule has 1 aliphatic rings. The van der Waals surface area contributed by atoms with Crippen molar-refractivity contribution in [3.05, 3.63) is 22.7 Å². The summed E-state index contributed by atoms with van der Waals surface area (Å²) in [6.07, 6.45) is 0.891. The molecule has 2 atom stereocenters. The molecule has 0 spiro atoms. The van der Waals surface area contributed by atoms with Crippen LogP contribution in [0.15, 0.2) is 12.1 Å². The van der Waals surface area contributed by atoms with E-state index in [1.807, 2.05) is 13.8 Å². The van der Waals surface area contributed by atoms with Crippen LogP contribution >= 0.6 is 11.6 Å². The molecule has 1 heterocycles. The van der Waals surface area contributed by atoms with Crippen molar-refractivity contribution in [2.24, 2.45) is 5.73 Å². The van der Waals surface area contributed by atoms with E-state index in [0.717, 1.165) is 6.42 Å². The van der Waals surface area contributed by atoms with Crippen LogP contribution in [0.5, 0.6) is 11.5 Å². The molecule has 20 heavy (non-hydrogen) atoms. The molecule has 2 rings (SSSR count). The monoisotopic (exact) mass is 298 g/mol. The quantitative estimate of drug-likeness (QED) is 0.872. The Morgan fingerprint density at radius 1 is 1.45 bits per heavy atom. The highest BCUT2D eigenvalue weighted by molar-refractivity contribution is 6.32. The van der Waals surface area contributed by atoms with Gasteiger partial charge >= 0.3 is 0 Å². The number of carbonyl (C=O) groups excluding carboxylic acids is 1. The number of carbonyl (C=O) groups is 1. The van der Waals surface area contributed by atoms with Crippen molar-refractivity contribution in [1.82, 2.24) is 5.32 Å². The smallest absolute Gasteiger partial charge is 0.239 e. The average Bonchev–Trinajstić information content (AvgIpc) is 2.44. The Morgan fingerprint density at radius 2 is 2.15 bits per heavy atom. The Bertz CT molecular complexity index is 507. The fourth-order valence-corrected chi connectivity index (χ4v) is 2.32. The number of benzene rings is 1. The Hall–Kier alpha value is -1.46. The number of rotatable bonds is 5. The lowest BCUT2D eigenvalue weighted by atomic mass is 10.0. The standard InChI is InChI=1S/C14H19ClN2O3/c1-3-8(2)17-12(14(16)18)9-6-10(15)13-11(7-9)19-4-5-20-13/h6-8,12,17H,3-5H2,1-2H3,(H2,16,18). The molecular formula is C14H19ClN2O3. The van der Waals surface area contributed by atoms with Crippen molar-refractivity contribution in [2.45, 2.75) is 32.4 Å². The van der Waals surface area contributed by atoms with Crippen molar-refractivity contribution < 1.29 is 14.3 Å². The Labute approximate surface area is 123 Å². The number of ether oxygens (including phenoxy) is 2. The Balaban J connectivity index is 2.33. The highest BCUT2D eigenvalue weighted by atomic mass is 35.5. The summed E-state index contributed by atoms with van der Waals surface area (Å²) in [6, 6.07) is 3.02. The number of hydrogen-bond donors (Lipinski definition) is 2. The third kappa shape index (κ3) is 3.16. The molecule has 0 saturated heterocycles. The molecule has 0 radical (unpaired) electrons. The van der Waals surface area contributed by atoms with Crippen LogP contribution in [-0.4, -0.2) is 25.2 Å². The van der Waals surface area contributed by atoms with E-state index in [0.29, 0.717) is 35.3 Å². The van der Waals surface area contributed by atoms with Gasteiger partial charge in [-0.15, -0.1) is 0 Å². The van der Waals surface area contributed by atoms with Gasteiger partial charge in [-0.05, 0) is 31.0 Å². The lowest BCUT2D eigenvalue weighted by molar-refractivity contribution is -0.120. The van der Waals surface area contributed by atoms with Crippen molar-refractivity contribution in [3.63, 3.8) is 0 Å². The van der Waals surface area contributed by atoms with Gasteiger partial charge in [-0.1, -0.05) is 18.5 Å². The van der Waals surface area contributed by atoms with Gasteiger partial charge in [0, 0.05) is 6.04 Å². The SMILES string of the molecule is CCC(C)NC(C(N)=O)c1cc(Cl)c2c(c1)OCCO2. The van der Waals surface area contributed by atoms with Crippen LogP contribution in [0.3, 0.4) is 0 Å². The average molecular weight is 299 g/mol. The van der Waals surface area contributed by atoms with Gasteiger partial charge in [-0.3, -0.25) is 10.1 Å². The maximum absolute atomic E-state index is 11.7. The first kappa shape index (κ1) is 14.9. The maximum atomic E-state index is 11.7. The minimum absolute atomic E-state index is 0.166. The first-order chi connectivity index (χ1) is 9.52. The van der Waals surface area contributed by atoms with Gasteiger partial charge in [0.1, 0.15) is 19.3 Å². The lowest BCUT2D eigenvalue weighted by Gasteiger charge is -2.24. The Morgan fingerprint density at radius 3 is 2.80 bits per heavy atom. The molecule has 1 aromatic carbocycles. The van der Waals surface area contributed by atoms with E-state index in [1.54, 1.807) is 12.1 Å². The second-order valence-electron chi connectivity index (χ2n) is 4.84. The van der Waals surface area contributed by atoms with Crippen LogP contribution in [0.2, 0.25) is 5.02 Å². The molecule has 1 aliphatic heterocycles. The second kappa shape index (κ2) is 6.33. The van der Waals surface area contributed by atoms with Crippen molar-refractivity contribution in [3.8, 4) is 11.5 Å². The zero-order chi connectivity index (χ0) is 14.7. The molecular weight excluding hydrogens is 280 g/mol. The molecule has 0 aromatic heterocycles. The topological polar surface area (TPSA) is 73.6 Å². The van der Waals surface area contributed by atoms with Gasteiger partial charge in [0.05, 0.1) is 5.02 Å². The highest BCUT2D eigenvalue weighted by Gasteiger charge is 2.24. The number of halogens is 1. The molecule has 5 nitrogen and oxygen atoms in total. The van der Waals surface area contributed by atoms with Gasteiger partial charge in [-0.2, -0.15) is 0 Å². The number of fused-ring (bicyclic) bond motifs is 1. The third-order valence-corrected chi connectivity index (χ3v) is 3.58. The molecule has 1 aromatic rings. The zero-order valence-electron chi connectivity index (χ0n) is 11.6. The van der Waals surface area contributed by atoms with Crippen molar-refractivity contribution in [2.75, 3.05) is 13.2 Å². The van der Waals surface area contributed by atoms with Crippen molar-refractivity contribution in [1.29, 1.82) is 0 Å². The predicted molar refractivity (Wildman–Crippen MR) is 77.3 cm³/mol. The summed E-state index contributed by atoms with van der Waals surface area (Å²) in [5.74, 6) is 0.627. The molecule has 0 bridgehead atoms. The first-order valence-electron chi connectivity index (χ1n) is 6.67. The van der Waals surface area contributed by atoms with E-state index in [2.05, 4.69) is 5.32 Å².